The Morgan fingerprint density at radius 1 is 1.26 bits per heavy atom. The van der Waals surface area contributed by atoms with Gasteiger partial charge in [0.2, 0.25) is 0 Å². The fourth-order valence-electron chi connectivity index (χ4n) is 1.40. The highest BCUT2D eigenvalue weighted by molar-refractivity contribution is 7.90. The largest absolute Gasteiger partial charge is 0.481 e. The molecule has 8 heteroatoms. The predicted octanol–water partition coefficient (Wildman–Crippen LogP) is 0.220. The molecular weight excluding hydrogens is 272 g/mol. The summed E-state index contributed by atoms with van der Waals surface area (Å²) in [6, 6.07) is -0.930. The highest BCUT2D eigenvalue weighted by Crippen LogP contribution is 2.05. The normalized spacial score (nSPS) is 13.1. The number of carbonyl (C=O) groups excluding carboxylic acids is 1. The molecule has 3 N–H and O–H groups in total. The molecule has 7 nitrogen and oxygen atoms in total. The number of carboxylic acid groups (broad SMARTS) is 1. The number of nitrogens with one attached hydrogen (secondary N) is 2. The van der Waals surface area contributed by atoms with Gasteiger partial charge in [-0.3, -0.25) is 4.79 Å². The van der Waals surface area contributed by atoms with Crippen LogP contribution in [-0.2, 0) is 14.6 Å². The third kappa shape index (κ3) is 10.3. The van der Waals surface area contributed by atoms with Crippen LogP contribution in [0.25, 0.3) is 0 Å². The lowest BCUT2D eigenvalue weighted by Crippen LogP contribution is -2.45. The minimum atomic E-state index is -3.02. The van der Waals surface area contributed by atoms with E-state index in [9.17, 15) is 18.0 Å². The van der Waals surface area contributed by atoms with E-state index < -0.39 is 27.9 Å². The van der Waals surface area contributed by atoms with Gasteiger partial charge in [0.1, 0.15) is 9.84 Å². The van der Waals surface area contributed by atoms with Crippen molar-refractivity contribution in [2.75, 3.05) is 18.6 Å². The van der Waals surface area contributed by atoms with Crippen LogP contribution in [0.3, 0.4) is 0 Å². The first-order valence-corrected chi connectivity index (χ1v) is 8.11. The molecule has 0 aromatic carbocycles. The standard InChI is InChI=1S/C11H22N2O5S/c1-8(2)9(7-10(14)15)13-11(16)12-5-4-6-19(3,17)18/h8-9H,4-7H2,1-3H3,(H,14,15)(H2,12,13,16). The summed E-state index contributed by atoms with van der Waals surface area (Å²) in [4.78, 5) is 22.1. The van der Waals surface area contributed by atoms with Crippen molar-refractivity contribution < 1.29 is 23.1 Å². The highest BCUT2D eigenvalue weighted by atomic mass is 32.2. The Bertz CT molecular complexity index is 405. The van der Waals surface area contributed by atoms with E-state index in [1.54, 1.807) is 0 Å². The first kappa shape index (κ1) is 17.7. The second-order valence-corrected chi connectivity index (χ2v) is 7.09. The molecule has 0 saturated heterocycles. The number of carbonyl (C=O) groups is 2. The zero-order valence-electron chi connectivity index (χ0n) is 11.5. The lowest BCUT2D eigenvalue weighted by atomic mass is 10.0. The van der Waals surface area contributed by atoms with E-state index >= 15 is 0 Å². The summed E-state index contributed by atoms with van der Waals surface area (Å²) in [5, 5.41) is 13.8. The van der Waals surface area contributed by atoms with Gasteiger partial charge in [-0.2, -0.15) is 0 Å². The Kier molecular flexibility index (Phi) is 7.43. The first-order chi connectivity index (χ1) is 8.61. The van der Waals surface area contributed by atoms with Crippen molar-refractivity contribution in [2.24, 2.45) is 5.92 Å². The molecule has 0 aliphatic carbocycles. The molecule has 0 aliphatic heterocycles. The average molecular weight is 294 g/mol. The van der Waals surface area contributed by atoms with Gasteiger partial charge in [-0.05, 0) is 12.3 Å². The van der Waals surface area contributed by atoms with Crippen LogP contribution >= 0.6 is 0 Å². The van der Waals surface area contributed by atoms with Crippen molar-refractivity contribution in [2.45, 2.75) is 32.7 Å². The minimum absolute atomic E-state index is 0.00197. The summed E-state index contributed by atoms with van der Waals surface area (Å²) in [5.41, 5.74) is 0. The Morgan fingerprint density at radius 3 is 2.26 bits per heavy atom. The molecule has 0 saturated carbocycles. The molecule has 19 heavy (non-hydrogen) atoms. The van der Waals surface area contributed by atoms with Gasteiger partial charge in [-0.25, -0.2) is 13.2 Å². The van der Waals surface area contributed by atoms with Crippen molar-refractivity contribution in [1.29, 1.82) is 0 Å². The lowest BCUT2D eigenvalue weighted by molar-refractivity contribution is -0.137. The van der Waals surface area contributed by atoms with Crippen LogP contribution in [0.1, 0.15) is 26.7 Å². The van der Waals surface area contributed by atoms with Crippen LogP contribution in [0.15, 0.2) is 0 Å². The molecule has 0 aromatic heterocycles. The molecule has 2 amide bonds. The fourth-order valence-corrected chi connectivity index (χ4v) is 2.07. The van der Waals surface area contributed by atoms with Gasteiger partial charge in [0.05, 0.1) is 12.2 Å². The van der Waals surface area contributed by atoms with Crippen LogP contribution in [0.2, 0.25) is 0 Å². The highest BCUT2D eigenvalue weighted by Gasteiger charge is 2.19. The Hall–Kier alpha value is -1.31. The van der Waals surface area contributed by atoms with E-state index in [2.05, 4.69) is 10.6 Å². The van der Waals surface area contributed by atoms with Crippen LogP contribution < -0.4 is 10.6 Å². The molecule has 0 aliphatic rings. The van der Waals surface area contributed by atoms with Crippen molar-refractivity contribution >= 4 is 21.8 Å². The first-order valence-electron chi connectivity index (χ1n) is 6.05. The zero-order valence-corrected chi connectivity index (χ0v) is 12.3. The van der Waals surface area contributed by atoms with Gasteiger partial charge in [-0.15, -0.1) is 0 Å². The molecule has 1 unspecified atom stereocenters. The number of carboxylic acids is 1. The topological polar surface area (TPSA) is 113 Å². The second-order valence-electron chi connectivity index (χ2n) is 4.83. The molecule has 0 fully saturated rings. The fraction of sp³-hybridized carbons (Fsp3) is 0.818. The van der Waals surface area contributed by atoms with Gasteiger partial charge in [0.15, 0.2) is 0 Å². The third-order valence-corrected chi connectivity index (χ3v) is 3.52. The molecule has 112 valence electrons. The van der Waals surface area contributed by atoms with E-state index in [0.29, 0.717) is 6.42 Å². The SMILES string of the molecule is CC(C)C(CC(=O)O)NC(=O)NCCCS(C)(=O)=O. The quantitative estimate of drug-likeness (QED) is 0.554. The Labute approximate surface area is 113 Å². The van der Waals surface area contributed by atoms with Gasteiger partial charge < -0.3 is 15.7 Å². The van der Waals surface area contributed by atoms with Gasteiger partial charge in [-0.1, -0.05) is 13.8 Å². The van der Waals surface area contributed by atoms with Crippen molar-refractivity contribution in [3.05, 3.63) is 0 Å². The minimum Gasteiger partial charge on any atom is -0.481 e. The summed E-state index contributed by atoms with van der Waals surface area (Å²) < 4.78 is 21.7. The van der Waals surface area contributed by atoms with Gasteiger partial charge in [0.25, 0.3) is 0 Å². The van der Waals surface area contributed by atoms with E-state index in [0.717, 1.165) is 6.26 Å². The number of aliphatic carboxylic acids is 1. The van der Waals surface area contributed by atoms with Crippen molar-refractivity contribution in [3.63, 3.8) is 0 Å². The molecule has 0 bridgehead atoms. The van der Waals surface area contributed by atoms with E-state index in [1.165, 1.54) is 0 Å². The summed E-state index contributed by atoms with van der Waals surface area (Å²) in [5.74, 6) is -0.968. The van der Waals surface area contributed by atoms with E-state index in [4.69, 9.17) is 5.11 Å². The Balaban J connectivity index is 4.03. The molecule has 0 rings (SSSR count). The number of urea groups is 1. The van der Waals surface area contributed by atoms with Crippen molar-refractivity contribution in [1.82, 2.24) is 10.6 Å². The Morgan fingerprint density at radius 2 is 1.84 bits per heavy atom. The summed E-state index contributed by atoms with van der Waals surface area (Å²) >= 11 is 0. The lowest BCUT2D eigenvalue weighted by Gasteiger charge is -2.20. The smallest absolute Gasteiger partial charge is 0.315 e. The van der Waals surface area contributed by atoms with Crippen LogP contribution in [-0.4, -0.2) is 50.1 Å². The van der Waals surface area contributed by atoms with E-state index in [1.807, 2.05) is 13.8 Å². The molecular formula is C11H22N2O5S. The summed E-state index contributed by atoms with van der Waals surface area (Å²) in [7, 11) is -3.02. The monoisotopic (exact) mass is 294 g/mol. The van der Waals surface area contributed by atoms with Crippen molar-refractivity contribution in [3.8, 4) is 0 Å². The summed E-state index contributed by atoms with van der Waals surface area (Å²) in [6.45, 7) is 3.87. The molecule has 0 aromatic rings. The van der Waals surface area contributed by atoms with Gasteiger partial charge in [0, 0.05) is 18.8 Å². The maximum Gasteiger partial charge on any atom is 0.315 e. The maximum absolute atomic E-state index is 11.5. The second kappa shape index (κ2) is 7.98. The molecule has 0 heterocycles. The molecule has 0 spiro atoms. The number of sulfone groups is 1. The number of rotatable bonds is 8. The van der Waals surface area contributed by atoms with Crippen LogP contribution in [0, 0.1) is 5.92 Å². The average Bonchev–Trinajstić information content (AvgIpc) is 2.21. The zero-order chi connectivity index (χ0) is 15.1. The van der Waals surface area contributed by atoms with Crippen LogP contribution in [0.4, 0.5) is 4.79 Å². The number of hydrogen-bond donors (Lipinski definition) is 3. The van der Waals surface area contributed by atoms with E-state index in [-0.39, 0.29) is 24.6 Å². The third-order valence-electron chi connectivity index (χ3n) is 2.49. The maximum atomic E-state index is 11.5. The number of hydrogen-bond acceptors (Lipinski definition) is 4. The number of amides is 2. The molecule has 1 atom stereocenters. The summed E-state index contributed by atoms with van der Waals surface area (Å²) in [6.07, 6.45) is 1.32. The predicted molar refractivity (Wildman–Crippen MR) is 71.7 cm³/mol. The molecule has 0 radical (unpaired) electrons. The van der Waals surface area contributed by atoms with Crippen LogP contribution in [0.5, 0.6) is 0 Å². The van der Waals surface area contributed by atoms with Gasteiger partial charge >= 0.3 is 12.0 Å².